The Balaban J connectivity index is 1.29. The van der Waals surface area contributed by atoms with Crippen molar-refractivity contribution in [2.24, 2.45) is 5.92 Å². The Bertz CT molecular complexity index is 1320. The van der Waals surface area contributed by atoms with Crippen molar-refractivity contribution in [1.29, 1.82) is 0 Å². The zero-order valence-electron chi connectivity index (χ0n) is 20.9. The van der Waals surface area contributed by atoms with Crippen LogP contribution in [-0.2, 0) is 30.1 Å². The molecule has 194 valence electrons. The molecule has 0 bridgehead atoms. The van der Waals surface area contributed by atoms with E-state index in [1.165, 1.54) is 6.33 Å². The maximum absolute atomic E-state index is 12.4. The molecule has 0 aliphatic carbocycles. The molecule has 2 fully saturated rings. The second-order valence-corrected chi connectivity index (χ2v) is 9.86. The fraction of sp³-hybridized carbons (Fsp3) is 0.462. The highest BCUT2D eigenvalue weighted by Gasteiger charge is 2.69. The van der Waals surface area contributed by atoms with E-state index in [1.807, 2.05) is 37.3 Å². The molecule has 0 saturated carbocycles. The van der Waals surface area contributed by atoms with Crippen LogP contribution in [0.4, 0.5) is 10.6 Å². The number of nitrogens with two attached hydrogens (primary N) is 1. The lowest BCUT2D eigenvalue weighted by Crippen LogP contribution is -2.45. The summed E-state index contributed by atoms with van der Waals surface area (Å²) in [7, 11) is 0. The van der Waals surface area contributed by atoms with E-state index < -0.39 is 36.0 Å². The van der Waals surface area contributed by atoms with Crippen molar-refractivity contribution in [3.05, 3.63) is 71.5 Å². The summed E-state index contributed by atoms with van der Waals surface area (Å²) >= 11 is 0. The Morgan fingerprint density at radius 3 is 2.73 bits per heavy atom. The molecule has 0 spiro atoms. The van der Waals surface area contributed by atoms with Gasteiger partial charge in [-0.3, -0.25) is 9.58 Å². The minimum atomic E-state index is -1.64. The molecule has 5 rings (SSSR count). The van der Waals surface area contributed by atoms with Gasteiger partial charge in [0.1, 0.15) is 24.1 Å². The van der Waals surface area contributed by atoms with Gasteiger partial charge in [-0.05, 0) is 43.9 Å². The highest BCUT2D eigenvalue weighted by atomic mass is 16.8. The van der Waals surface area contributed by atoms with Gasteiger partial charge in [-0.25, -0.2) is 20.9 Å². The number of nitrogens with zero attached hydrogens (tertiary/aromatic N) is 4. The Labute approximate surface area is 214 Å². The molecule has 3 aromatic rings. The molecule has 5 atom stereocenters. The minimum Gasteiger partial charge on any atom is -0.434 e. The molecule has 2 aliphatic rings. The van der Waals surface area contributed by atoms with E-state index in [4.69, 9.17) is 36.0 Å². The quantitative estimate of drug-likeness (QED) is 0.378. The Kier molecular flexibility index (Phi) is 6.49. The predicted molar refractivity (Wildman–Crippen MR) is 131 cm³/mol. The normalized spacial score (nSPS) is 26.9. The number of hydrogen-bond donors (Lipinski definition) is 1. The summed E-state index contributed by atoms with van der Waals surface area (Å²) in [6.45, 7) is 13.3. The van der Waals surface area contributed by atoms with E-state index in [0.717, 1.165) is 12.0 Å². The monoisotopic (exact) mass is 507 g/mol. The largest absolute Gasteiger partial charge is 0.508 e. The molecule has 0 radical (unpaired) electrons. The lowest BCUT2D eigenvalue weighted by Gasteiger charge is -2.25. The molecule has 1 aromatic carbocycles. The third-order valence-electron chi connectivity index (χ3n) is 6.50. The van der Waals surface area contributed by atoms with Crippen LogP contribution in [-0.4, -0.2) is 57.7 Å². The second kappa shape index (κ2) is 9.63. The Hall–Kier alpha value is -3.72. The molecule has 2 aliphatic heterocycles. The molecule has 2 N–H and O–H groups in total. The van der Waals surface area contributed by atoms with Crippen LogP contribution in [0.15, 0.2) is 48.8 Å². The maximum atomic E-state index is 12.4. The van der Waals surface area contributed by atoms with E-state index in [9.17, 15) is 4.79 Å². The number of carbonyl (C=O) groups is 1. The second-order valence-electron chi connectivity index (χ2n) is 9.86. The number of fused-ring (bicyclic) bond motifs is 2. The first-order valence-electron chi connectivity index (χ1n) is 12.0. The van der Waals surface area contributed by atoms with Gasteiger partial charge in [0.2, 0.25) is 6.61 Å². The van der Waals surface area contributed by atoms with Crippen molar-refractivity contribution in [1.82, 2.24) is 14.6 Å². The molecular weight excluding hydrogens is 478 g/mol. The van der Waals surface area contributed by atoms with Crippen LogP contribution in [0, 0.1) is 12.5 Å². The summed E-state index contributed by atoms with van der Waals surface area (Å²) in [5.74, 6) is -0.573. The minimum absolute atomic E-state index is 0.0886. The van der Waals surface area contributed by atoms with E-state index in [2.05, 4.69) is 14.9 Å². The lowest BCUT2D eigenvalue weighted by molar-refractivity contribution is -0.208. The summed E-state index contributed by atoms with van der Waals surface area (Å²) in [5, 5.41) is 4.28. The molecule has 2 aromatic heterocycles. The van der Waals surface area contributed by atoms with Gasteiger partial charge in [-0.15, -0.1) is 0 Å². The summed E-state index contributed by atoms with van der Waals surface area (Å²) in [4.78, 5) is 20.2. The molecule has 4 heterocycles. The van der Waals surface area contributed by atoms with Crippen LogP contribution < -0.4 is 5.73 Å². The average molecular weight is 508 g/mol. The molecule has 0 unspecified atom stereocenters. The molecule has 37 heavy (non-hydrogen) atoms. The van der Waals surface area contributed by atoms with Gasteiger partial charge in [0, 0.05) is 0 Å². The predicted octanol–water partition coefficient (Wildman–Crippen LogP) is 3.55. The summed E-state index contributed by atoms with van der Waals surface area (Å²) < 4.78 is 30.8. The topological polar surface area (TPSA) is 124 Å². The van der Waals surface area contributed by atoms with Crippen LogP contribution in [0.25, 0.3) is 10.4 Å². The van der Waals surface area contributed by atoms with Crippen molar-refractivity contribution in [3.63, 3.8) is 0 Å². The summed E-state index contributed by atoms with van der Waals surface area (Å²) in [6.07, 6.45) is -0.979. The number of carbonyl (C=O) groups excluding carboxylic acids is 1. The number of nitrogen functional groups attached to an aromatic ring is 1. The van der Waals surface area contributed by atoms with Crippen LogP contribution in [0.2, 0.25) is 0 Å². The van der Waals surface area contributed by atoms with E-state index in [1.54, 1.807) is 30.5 Å². The zero-order valence-corrected chi connectivity index (χ0v) is 20.9. The maximum Gasteiger partial charge on any atom is 0.508 e. The fourth-order valence-electron chi connectivity index (χ4n) is 4.86. The molecule has 2 saturated heterocycles. The Morgan fingerprint density at radius 2 is 1.97 bits per heavy atom. The first kappa shape index (κ1) is 25.0. The van der Waals surface area contributed by atoms with E-state index in [-0.39, 0.29) is 19.1 Å². The number of ether oxygens (including phenoxy) is 5. The van der Waals surface area contributed by atoms with Gasteiger partial charge >= 0.3 is 11.9 Å². The molecule has 11 heteroatoms. The van der Waals surface area contributed by atoms with Crippen molar-refractivity contribution in [2.45, 2.75) is 57.0 Å². The van der Waals surface area contributed by atoms with Crippen LogP contribution in [0.5, 0.6) is 0 Å². The molecular formula is C26H29N5O6. The summed E-state index contributed by atoms with van der Waals surface area (Å²) in [6, 6.07) is 13.5. The van der Waals surface area contributed by atoms with Crippen LogP contribution >= 0.6 is 0 Å². The van der Waals surface area contributed by atoms with E-state index in [0.29, 0.717) is 17.0 Å². The standard InChI is InChI=1S/C26H29N5O6/c1-16(12-17-8-6-5-7-9-17)13-33-24(32)34-14-26(28-4)22-21(35-25(2,3)37-22)20(36-26)18-10-11-19-23(27)29-15-30-31(18)19/h5-11,15-16,20-22H,12-14H2,1-3H3,(H2,27,29,30)/t16-,20-,21-,22-,26+/m0/s1. The van der Waals surface area contributed by atoms with Gasteiger partial charge in [0.05, 0.1) is 12.3 Å². The van der Waals surface area contributed by atoms with Crippen LogP contribution in [0.1, 0.15) is 38.1 Å². The Morgan fingerprint density at radius 1 is 1.19 bits per heavy atom. The number of hydrogen-bond acceptors (Lipinski definition) is 9. The third kappa shape index (κ3) is 4.83. The highest BCUT2D eigenvalue weighted by molar-refractivity contribution is 5.65. The van der Waals surface area contributed by atoms with Gasteiger partial charge in [0.25, 0.3) is 0 Å². The smallest absolute Gasteiger partial charge is 0.434 e. The number of benzene rings is 1. The molecule has 11 nitrogen and oxygen atoms in total. The first-order valence-corrected chi connectivity index (χ1v) is 12.0. The van der Waals surface area contributed by atoms with E-state index >= 15 is 0 Å². The highest BCUT2D eigenvalue weighted by Crippen LogP contribution is 2.50. The lowest BCUT2D eigenvalue weighted by atomic mass is 10.0. The van der Waals surface area contributed by atoms with Gasteiger partial charge in [0.15, 0.2) is 17.7 Å². The van der Waals surface area contributed by atoms with Gasteiger partial charge in [-0.1, -0.05) is 37.3 Å². The van der Waals surface area contributed by atoms with Gasteiger partial charge in [-0.2, -0.15) is 5.10 Å². The summed E-state index contributed by atoms with van der Waals surface area (Å²) in [5.41, 5.74) is 6.71. The number of rotatable bonds is 7. The van der Waals surface area contributed by atoms with Crippen molar-refractivity contribution in [3.8, 4) is 0 Å². The number of anilines is 1. The average Bonchev–Trinajstić information content (AvgIpc) is 3.53. The zero-order chi connectivity index (χ0) is 26.2. The SMILES string of the molecule is [C-]#[N+][C@]1(COC(=O)OC[C@@H](C)Cc2ccccc2)O[C@@H](c2ccc3c(N)ncnn23)[C@@H]2OC(C)(C)O[C@@H]21. The van der Waals surface area contributed by atoms with Crippen molar-refractivity contribution < 1.29 is 28.5 Å². The first-order chi connectivity index (χ1) is 17.7. The molecule has 0 amide bonds. The third-order valence-corrected chi connectivity index (χ3v) is 6.50. The van der Waals surface area contributed by atoms with Crippen molar-refractivity contribution >= 4 is 17.5 Å². The van der Waals surface area contributed by atoms with Crippen molar-refractivity contribution in [2.75, 3.05) is 18.9 Å². The number of aromatic nitrogens is 3. The van der Waals surface area contributed by atoms with Gasteiger partial charge < -0.3 is 24.7 Å². The van der Waals surface area contributed by atoms with Crippen LogP contribution in [0.3, 0.4) is 0 Å². The fourth-order valence-corrected chi connectivity index (χ4v) is 4.86.